The maximum Gasteiger partial charge on any atom is 0.289 e. The number of benzene rings is 2. The van der Waals surface area contributed by atoms with Crippen molar-refractivity contribution in [3.63, 3.8) is 0 Å². The fraction of sp³-hybridized carbons (Fsp3) is 0.192. The molecule has 0 saturated carbocycles. The molecule has 0 amide bonds. The molecule has 1 aromatic heterocycles. The number of amidine groups is 1. The molecule has 2 aromatic carbocycles. The number of rotatable bonds is 7. The summed E-state index contributed by atoms with van der Waals surface area (Å²) in [5.74, 6) is 1.92. The molecule has 1 aliphatic heterocycles. The number of fused-ring (bicyclic) bond motifs is 1. The van der Waals surface area contributed by atoms with Gasteiger partial charge in [-0.2, -0.15) is 0 Å². The zero-order valence-corrected chi connectivity index (χ0v) is 19.5. The molecule has 174 valence electrons. The Labute approximate surface area is 198 Å². The molecule has 0 spiro atoms. The molecule has 0 bridgehead atoms. The largest absolute Gasteiger partial charge is 0.462 e. The highest BCUT2D eigenvalue weighted by Gasteiger charge is 2.26. The van der Waals surface area contributed by atoms with Gasteiger partial charge >= 0.3 is 0 Å². The number of nitrogens with two attached hydrogens (primary N) is 1. The minimum atomic E-state index is -0.231. The Morgan fingerprint density at radius 2 is 1.94 bits per heavy atom. The van der Waals surface area contributed by atoms with Gasteiger partial charge in [0.05, 0.1) is 11.1 Å². The third kappa shape index (κ3) is 5.35. The van der Waals surface area contributed by atoms with Crippen LogP contribution in [-0.4, -0.2) is 28.1 Å². The van der Waals surface area contributed by atoms with Crippen molar-refractivity contribution in [2.24, 2.45) is 10.7 Å². The van der Waals surface area contributed by atoms with Crippen LogP contribution in [0.4, 0.5) is 17.2 Å². The van der Waals surface area contributed by atoms with Crippen LogP contribution in [0.1, 0.15) is 19.4 Å². The highest BCUT2D eigenvalue weighted by atomic mass is 16.5. The monoisotopic (exact) mass is 456 g/mol. The van der Waals surface area contributed by atoms with Gasteiger partial charge in [0.1, 0.15) is 30.3 Å². The lowest BCUT2D eigenvalue weighted by molar-refractivity contribution is 0.278. The van der Waals surface area contributed by atoms with E-state index in [1.165, 1.54) is 6.20 Å². The summed E-state index contributed by atoms with van der Waals surface area (Å²) in [7, 11) is 0. The average molecular weight is 457 g/mol. The summed E-state index contributed by atoms with van der Waals surface area (Å²) in [6.45, 7) is 10.2. The molecule has 4 N–H and O–H groups in total. The summed E-state index contributed by atoms with van der Waals surface area (Å²) in [5.41, 5.74) is 8.90. The Hall–Kier alpha value is -4.33. The van der Waals surface area contributed by atoms with Crippen molar-refractivity contribution >= 4 is 34.1 Å². The molecule has 4 rings (SSSR count). The third-order valence-electron chi connectivity index (χ3n) is 5.08. The Morgan fingerprint density at radius 1 is 1.15 bits per heavy atom. The first kappa shape index (κ1) is 22.8. The summed E-state index contributed by atoms with van der Waals surface area (Å²) < 4.78 is 11.5. The maximum atomic E-state index is 5.88. The quantitative estimate of drug-likeness (QED) is 0.332. The number of allylic oxidation sites excluding steroid dienone is 3. The minimum Gasteiger partial charge on any atom is -0.462 e. The van der Waals surface area contributed by atoms with E-state index < -0.39 is 0 Å². The Kier molecular flexibility index (Phi) is 6.49. The molecule has 0 aliphatic carbocycles. The van der Waals surface area contributed by atoms with E-state index in [0.717, 1.165) is 27.8 Å². The van der Waals surface area contributed by atoms with Gasteiger partial charge in [0.2, 0.25) is 0 Å². The molecule has 8 nitrogen and oxygen atoms in total. The lowest BCUT2D eigenvalue weighted by atomic mass is 10.1. The predicted octanol–water partition coefficient (Wildman–Crippen LogP) is 5.18. The van der Waals surface area contributed by atoms with Gasteiger partial charge in [0.15, 0.2) is 0 Å². The molecule has 0 fully saturated rings. The second kappa shape index (κ2) is 9.66. The van der Waals surface area contributed by atoms with Crippen molar-refractivity contribution in [2.45, 2.75) is 26.3 Å². The predicted molar refractivity (Wildman–Crippen MR) is 137 cm³/mol. The zero-order chi connectivity index (χ0) is 24.1. The van der Waals surface area contributed by atoms with Gasteiger partial charge in [-0.1, -0.05) is 18.7 Å². The van der Waals surface area contributed by atoms with Gasteiger partial charge in [0.25, 0.3) is 6.02 Å². The second-order valence-corrected chi connectivity index (χ2v) is 8.47. The van der Waals surface area contributed by atoms with E-state index in [1.54, 1.807) is 24.6 Å². The average Bonchev–Trinajstić information content (AvgIpc) is 3.16. The Bertz CT molecular complexity index is 1310. The molecule has 0 atom stereocenters. The molecular weight excluding hydrogens is 428 g/mol. The topological polar surface area (TPSA) is 107 Å². The van der Waals surface area contributed by atoms with Crippen LogP contribution in [0.25, 0.3) is 10.9 Å². The van der Waals surface area contributed by atoms with Gasteiger partial charge in [-0.15, -0.1) is 0 Å². The summed E-state index contributed by atoms with van der Waals surface area (Å²) in [5, 5.41) is 7.49. The number of nitrogens with one attached hydrogen (secondary N) is 2. The Balaban J connectivity index is 1.56. The van der Waals surface area contributed by atoms with E-state index in [1.807, 2.05) is 57.2 Å². The van der Waals surface area contributed by atoms with E-state index in [-0.39, 0.29) is 5.54 Å². The summed E-state index contributed by atoms with van der Waals surface area (Å²) in [6, 6.07) is 12.2. The molecule has 1 aliphatic rings. The van der Waals surface area contributed by atoms with Crippen molar-refractivity contribution in [2.75, 3.05) is 17.2 Å². The van der Waals surface area contributed by atoms with Crippen LogP contribution in [0, 0.1) is 6.92 Å². The molecule has 0 saturated heterocycles. The molecular formula is C26H28N6O2. The van der Waals surface area contributed by atoms with Crippen molar-refractivity contribution < 1.29 is 9.47 Å². The van der Waals surface area contributed by atoms with Crippen molar-refractivity contribution in [3.05, 3.63) is 85.1 Å². The Morgan fingerprint density at radius 3 is 2.65 bits per heavy atom. The van der Waals surface area contributed by atoms with E-state index in [9.17, 15) is 0 Å². The summed E-state index contributed by atoms with van der Waals surface area (Å²) >= 11 is 0. The van der Waals surface area contributed by atoms with Crippen LogP contribution < -0.4 is 21.1 Å². The van der Waals surface area contributed by atoms with Crippen LogP contribution in [0.5, 0.6) is 5.75 Å². The first-order valence-electron chi connectivity index (χ1n) is 10.9. The summed E-state index contributed by atoms with van der Waals surface area (Å²) in [6.07, 6.45) is 8.13. The van der Waals surface area contributed by atoms with Gasteiger partial charge in [-0.25, -0.2) is 15.0 Å². The van der Waals surface area contributed by atoms with Crippen molar-refractivity contribution in [1.29, 1.82) is 0 Å². The van der Waals surface area contributed by atoms with Crippen LogP contribution in [-0.2, 0) is 4.74 Å². The van der Waals surface area contributed by atoms with Crippen molar-refractivity contribution in [1.82, 2.24) is 9.97 Å². The van der Waals surface area contributed by atoms with Crippen LogP contribution >= 0.6 is 0 Å². The highest BCUT2D eigenvalue weighted by Crippen LogP contribution is 2.29. The molecule has 2 heterocycles. The van der Waals surface area contributed by atoms with E-state index in [4.69, 9.17) is 15.2 Å². The summed E-state index contributed by atoms with van der Waals surface area (Å²) in [4.78, 5) is 13.4. The fourth-order valence-electron chi connectivity index (χ4n) is 3.40. The standard InChI is InChI=1S/C26H28N6O2/c1-5-6-7-20(14-27)34-23-11-9-18(12-17(23)2)30-24-21-13-19(8-10-22(21)28-16-29-24)31-25-32-26(3,4)15-33-25/h5-14,16H,1,15,27H2,2-4H3,(H,31,32)(H,28,29,30)/b7-6-,20-14+. The van der Waals surface area contributed by atoms with Crippen molar-refractivity contribution in [3.8, 4) is 5.75 Å². The number of hydrogen-bond donors (Lipinski definition) is 3. The first-order chi connectivity index (χ1) is 16.4. The first-order valence-corrected chi connectivity index (χ1v) is 10.9. The van der Waals surface area contributed by atoms with E-state index in [2.05, 4.69) is 32.2 Å². The number of anilines is 3. The fourth-order valence-corrected chi connectivity index (χ4v) is 3.40. The van der Waals surface area contributed by atoms with Gasteiger partial charge < -0.3 is 25.8 Å². The molecule has 3 aromatic rings. The van der Waals surface area contributed by atoms with Crippen LogP contribution in [0.3, 0.4) is 0 Å². The number of aromatic nitrogens is 2. The number of ether oxygens (including phenoxy) is 2. The minimum absolute atomic E-state index is 0.231. The zero-order valence-electron chi connectivity index (χ0n) is 19.5. The smallest absolute Gasteiger partial charge is 0.289 e. The molecule has 34 heavy (non-hydrogen) atoms. The molecule has 0 unspecified atom stereocenters. The second-order valence-electron chi connectivity index (χ2n) is 8.47. The normalized spacial score (nSPS) is 15.1. The maximum absolute atomic E-state index is 5.88. The van der Waals surface area contributed by atoms with E-state index in [0.29, 0.717) is 30.0 Å². The lowest BCUT2D eigenvalue weighted by Crippen LogP contribution is -2.17. The highest BCUT2D eigenvalue weighted by molar-refractivity contribution is 5.97. The number of aliphatic imine (C=N–C) groups is 1. The third-order valence-corrected chi connectivity index (χ3v) is 5.08. The number of aryl methyl sites for hydroxylation is 1. The molecule has 8 heteroatoms. The SMILES string of the molecule is C=C/C=C\C(=C/N)Oc1ccc(Nc2ncnc3ccc(NC4=NC(C)(C)CO4)cc23)cc1C. The van der Waals surface area contributed by atoms with Gasteiger partial charge in [0, 0.05) is 23.0 Å². The molecule has 0 radical (unpaired) electrons. The number of hydrogen-bond acceptors (Lipinski definition) is 8. The lowest BCUT2D eigenvalue weighted by Gasteiger charge is -2.13. The van der Waals surface area contributed by atoms with Gasteiger partial charge in [-0.3, -0.25) is 0 Å². The van der Waals surface area contributed by atoms with E-state index >= 15 is 0 Å². The number of nitrogens with zero attached hydrogens (tertiary/aromatic N) is 3. The van der Waals surface area contributed by atoms with Crippen LogP contribution in [0.15, 0.2) is 84.5 Å². The van der Waals surface area contributed by atoms with Crippen LogP contribution in [0.2, 0.25) is 0 Å². The van der Waals surface area contributed by atoms with Gasteiger partial charge in [-0.05, 0) is 68.8 Å².